The number of nitrogens with one attached hydrogen (secondary N) is 1. The van der Waals surface area contributed by atoms with E-state index >= 15 is 0 Å². The number of hydrazine groups is 1. The third-order valence-electron chi connectivity index (χ3n) is 9.41. The van der Waals surface area contributed by atoms with Gasteiger partial charge >= 0.3 is 0 Å². The highest BCUT2D eigenvalue weighted by molar-refractivity contribution is 7.26. The lowest BCUT2D eigenvalue weighted by molar-refractivity contribution is 0.581. The largest absolute Gasteiger partial charge is 0.282 e. The van der Waals surface area contributed by atoms with Crippen LogP contribution in [-0.4, -0.2) is 10.7 Å². The Hall–Kier alpha value is -5.58. The number of fused-ring (bicyclic) bond motifs is 10. The number of para-hydroxylation sites is 1. The number of rotatable bonds is 3. The van der Waals surface area contributed by atoms with Crippen molar-refractivity contribution in [2.45, 2.75) is 6.04 Å². The Kier molecular flexibility index (Phi) is 5.22. The first-order chi connectivity index (χ1) is 22.3. The molecule has 3 heterocycles. The summed E-state index contributed by atoms with van der Waals surface area (Å²) in [5.74, 6) is 0. The Labute approximate surface area is 264 Å². The summed E-state index contributed by atoms with van der Waals surface area (Å²) >= 11 is 1.90. The molecule has 1 aliphatic heterocycles. The molecule has 0 amide bonds. The van der Waals surface area contributed by atoms with Crippen molar-refractivity contribution in [3.63, 3.8) is 0 Å². The smallest absolute Gasteiger partial charge is 0.113 e. The van der Waals surface area contributed by atoms with Gasteiger partial charge in [-0.25, -0.2) is 9.79 Å². The number of benzene rings is 6. The number of hydrogen-bond donors (Lipinski definition) is 1. The van der Waals surface area contributed by atoms with E-state index in [4.69, 9.17) is 0 Å². The first kappa shape index (κ1) is 24.8. The first-order valence-electron chi connectivity index (χ1n) is 15.4. The Balaban J connectivity index is 1.23. The standard InChI is InChI=1S/C41H27N3S/c1-3-12-26(13-4-1)28-18-11-19-33-39-30-22-24-36-38(29(30)23-25-37(39)45-41(28)33)31-16-7-9-20-34(31)43(36)44-35-21-10-8-17-32(35)40(42-44)27-14-5-2-6-15-27/h1-25,35,42H. The van der Waals surface area contributed by atoms with Crippen LogP contribution < -0.4 is 10.5 Å². The van der Waals surface area contributed by atoms with E-state index in [0.717, 1.165) is 5.70 Å². The van der Waals surface area contributed by atoms with E-state index in [-0.39, 0.29) is 6.04 Å². The van der Waals surface area contributed by atoms with E-state index in [0.29, 0.717) is 0 Å². The third-order valence-corrected chi connectivity index (χ3v) is 10.6. The van der Waals surface area contributed by atoms with Crippen molar-refractivity contribution in [1.29, 1.82) is 0 Å². The minimum atomic E-state index is 0.0691. The maximum absolute atomic E-state index is 3.83. The van der Waals surface area contributed by atoms with Gasteiger partial charge in [-0.05, 0) is 45.7 Å². The molecule has 8 aromatic rings. The summed E-state index contributed by atoms with van der Waals surface area (Å²) in [6, 6.07) is 46.4. The molecule has 4 heteroatoms. The topological polar surface area (TPSA) is 20.2 Å². The van der Waals surface area contributed by atoms with E-state index < -0.39 is 0 Å². The van der Waals surface area contributed by atoms with Gasteiger partial charge in [-0.2, -0.15) is 0 Å². The maximum atomic E-state index is 3.83. The van der Waals surface area contributed by atoms with Gasteiger partial charge in [0.05, 0.1) is 16.7 Å². The van der Waals surface area contributed by atoms with Crippen LogP contribution in [0, 0.1) is 0 Å². The van der Waals surface area contributed by atoms with Gasteiger partial charge in [-0.1, -0.05) is 133 Å². The molecule has 10 rings (SSSR count). The molecule has 0 fully saturated rings. The molecule has 1 atom stereocenters. The fraction of sp³-hybridized carbons (Fsp3) is 0.0244. The number of thiophene rings is 1. The zero-order chi connectivity index (χ0) is 29.5. The molecular weight excluding hydrogens is 567 g/mol. The molecule has 0 bridgehead atoms. The summed E-state index contributed by atoms with van der Waals surface area (Å²) in [6.07, 6.45) is 8.82. The normalized spacial score (nSPS) is 16.1. The average molecular weight is 594 g/mol. The van der Waals surface area contributed by atoms with Gasteiger partial charge in [0.25, 0.3) is 0 Å². The Morgan fingerprint density at radius 2 is 1.29 bits per heavy atom. The van der Waals surface area contributed by atoms with Crippen LogP contribution in [0.4, 0.5) is 0 Å². The summed E-state index contributed by atoms with van der Waals surface area (Å²) in [7, 11) is 0. The van der Waals surface area contributed by atoms with Gasteiger partial charge in [0.1, 0.15) is 6.04 Å². The molecule has 3 nitrogen and oxygen atoms in total. The molecular formula is C41H27N3S. The van der Waals surface area contributed by atoms with E-state index in [1.807, 2.05) is 11.3 Å². The number of allylic oxidation sites excluding steroid dienone is 2. The van der Waals surface area contributed by atoms with Crippen LogP contribution in [0.5, 0.6) is 0 Å². The SMILES string of the molecule is C1=CC2=C(c3ccccc3)NN(n3c4ccccc4c4c5ccc6sc7c(-c8ccccc8)cccc7c6c5ccc43)C2C=C1. The Bertz CT molecular complexity index is 2570. The monoisotopic (exact) mass is 593 g/mol. The van der Waals surface area contributed by atoms with Crippen molar-refractivity contribution < 1.29 is 0 Å². The van der Waals surface area contributed by atoms with Crippen LogP contribution >= 0.6 is 11.3 Å². The molecule has 1 aliphatic carbocycles. The van der Waals surface area contributed by atoms with Crippen LogP contribution in [0.1, 0.15) is 5.56 Å². The molecule has 0 radical (unpaired) electrons. The van der Waals surface area contributed by atoms with Gasteiger partial charge in [-0.3, -0.25) is 5.43 Å². The van der Waals surface area contributed by atoms with E-state index in [9.17, 15) is 0 Å². The van der Waals surface area contributed by atoms with Crippen LogP contribution in [0.15, 0.2) is 157 Å². The highest BCUT2D eigenvalue weighted by atomic mass is 32.1. The van der Waals surface area contributed by atoms with Crippen molar-refractivity contribution in [1.82, 2.24) is 10.1 Å². The molecule has 45 heavy (non-hydrogen) atoms. The maximum Gasteiger partial charge on any atom is 0.113 e. The van der Waals surface area contributed by atoms with E-state index in [2.05, 4.69) is 167 Å². The summed E-state index contributed by atoms with van der Waals surface area (Å²) in [5.41, 5.74) is 12.4. The van der Waals surface area contributed by atoms with Crippen molar-refractivity contribution in [2.75, 3.05) is 5.12 Å². The summed E-state index contributed by atoms with van der Waals surface area (Å²) in [6.45, 7) is 0. The third kappa shape index (κ3) is 3.51. The molecule has 0 saturated carbocycles. The van der Waals surface area contributed by atoms with Crippen molar-refractivity contribution in [2.24, 2.45) is 0 Å². The number of aromatic nitrogens is 1. The molecule has 1 unspecified atom stereocenters. The minimum absolute atomic E-state index is 0.0691. The van der Waals surface area contributed by atoms with Crippen LogP contribution in [0.3, 0.4) is 0 Å². The molecule has 0 saturated heterocycles. The Morgan fingerprint density at radius 3 is 2.16 bits per heavy atom. The lowest BCUT2D eigenvalue weighted by Crippen LogP contribution is -2.47. The second-order valence-corrected chi connectivity index (χ2v) is 12.9. The summed E-state index contributed by atoms with van der Waals surface area (Å²) < 4.78 is 5.06. The van der Waals surface area contributed by atoms with E-state index in [1.54, 1.807) is 0 Å². The molecule has 0 spiro atoms. The van der Waals surface area contributed by atoms with Gasteiger partial charge in [-0.15, -0.1) is 11.3 Å². The molecule has 1 N–H and O–H groups in total. The van der Waals surface area contributed by atoms with Gasteiger partial charge < -0.3 is 0 Å². The average Bonchev–Trinajstić information content (AvgIpc) is 3.78. The molecule has 212 valence electrons. The minimum Gasteiger partial charge on any atom is -0.282 e. The Morgan fingerprint density at radius 1 is 0.556 bits per heavy atom. The van der Waals surface area contributed by atoms with Crippen LogP contribution in [-0.2, 0) is 0 Å². The highest BCUT2D eigenvalue weighted by Crippen LogP contribution is 2.45. The lowest BCUT2D eigenvalue weighted by atomic mass is 9.98. The van der Waals surface area contributed by atoms with Gasteiger partial charge in [0.2, 0.25) is 0 Å². The van der Waals surface area contributed by atoms with Gasteiger partial charge in [0, 0.05) is 36.5 Å². The first-order valence-corrected chi connectivity index (χ1v) is 16.2. The lowest BCUT2D eigenvalue weighted by Gasteiger charge is -2.29. The zero-order valence-electron chi connectivity index (χ0n) is 24.3. The summed E-state index contributed by atoms with van der Waals surface area (Å²) in [4.78, 5) is 0. The molecule has 6 aromatic carbocycles. The summed E-state index contributed by atoms with van der Waals surface area (Å²) in [5, 5.41) is 10.1. The number of hydrogen-bond acceptors (Lipinski definition) is 3. The molecule has 2 aromatic heterocycles. The van der Waals surface area contributed by atoms with Crippen LogP contribution in [0.2, 0.25) is 0 Å². The van der Waals surface area contributed by atoms with Crippen molar-refractivity contribution >= 4 is 69.8 Å². The van der Waals surface area contributed by atoms with Crippen molar-refractivity contribution in [3.8, 4) is 11.1 Å². The second kappa shape index (κ2) is 9.46. The predicted octanol–water partition coefficient (Wildman–Crippen LogP) is 10.3. The van der Waals surface area contributed by atoms with Gasteiger partial charge in [0.15, 0.2) is 0 Å². The number of nitrogens with zero attached hydrogens (tertiary/aromatic N) is 2. The quantitative estimate of drug-likeness (QED) is 0.220. The fourth-order valence-electron chi connectivity index (χ4n) is 7.46. The fourth-order valence-corrected chi connectivity index (χ4v) is 8.72. The van der Waals surface area contributed by atoms with E-state index in [1.165, 1.54) is 75.0 Å². The second-order valence-electron chi connectivity index (χ2n) is 11.8. The highest BCUT2D eigenvalue weighted by Gasteiger charge is 2.33. The predicted molar refractivity (Wildman–Crippen MR) is 192 cm³/mol. The van der Waals surface area contributed by atoms with Crippen molar-refractivity contribution in [3.05, 3.63) is 163 Å². The zero-order valence-corrected chi connectivity index (χ0v) is 25.1. The van der Waals surface area contributed by atoms with Crippen LogP contribution in [0.25, 0.3) is 69.6 Å². The molecule has 2 aliphatic rings.